The number of hydrogen-bond donors (Lipinski definition) is 1. The highest BCUT2D eigenvalue weighted by Gasteiger charge is 2.49. The van der Waals surface area contributed by atoms with Gasteiger partial charge in [-0.05, 0) is 25.9 Å². The minimum atomic E-state index is -1.63. The largest absolute Gasteiger partial charge is 0.481 e. The Kier molecular flexibility index (Phi) is 4.02. The van der Waals surface area contributed by atoms with Crippen LogP contribution >= 0.6 is 0 Å². The maximum atomic E-state index is 11.1. The molecule has 2 unspecified atom stereocenters. The predicted molar refractivity (Wildman–Crippen MR) is 70.7 cm³/mol. The van der Waals surface area contributed by atoms with Crippen molar-refractivity contribution >= 4 is 21.4 Å². The molecule has 1 aliphatic rings. The van der Waals surface area contributed by atoms with Gasteiger partial charge in [-0.15, -0.1) is 0 Å². The first-order chi connectivity index (χ1) is 7.21. The summed E-state index contributed by atoms with van der Waals surface area (Å²) in [7, 11) is -2.86. The van der Waals surface area contributed by atoms with E-state index in [-0.39, 0.29) is 12.0 Å². The van der Waals surface area contributed by atoms with E-state index in [2.05, 4.69) is 26.2 Å². The zero-order valence-electron chi connectivity index (χ0n) is 11.0. The molecule has 1 fully saturated rings. The van der Waals surface area contributed by atoms with E-state index in [0.29, 0.717) is 6.42 Å². The molecular formula is C11H24O3Si2. The lowest BCUT2D eigenvalue weighted by Crippen LogP contribution is -2.63. The molecule has 94 valence electrons. The fourth-order valence-corrected chi connectivity index (χ4v) is 8.90. The van der Waals surface area contributed by atoms with Gasteiger partial charge in [-0.2, -0.15) is 0 Å². The molecule has 1 aliphatic heterocycles. The second-order valence-electron chi connectivity index (χ2n) is 5.94. The van der Waals surface area contributed by atoms with Crippen molar-refractivity contribution in [3.63, 3.8) is 0 Å². The first-order valence-corrected chi connectivity index (χ1v) is 13.2. The van der Waals surface area contributed by atoms with Crippen molar-refractivity contribution in [1.29, 1.82) is 0 Å². The van der Waals surface area contributed by atoms with Gasteiger partial charge < -0.3 is 9.53 Å². The van der Waals surface area contributed by atoms with Crippen molar-refractivity contribution < 1.29 is 14.3 Å². The van der Waals surface area contributed by atoms with E-state index in [1.54, 1.807) is 0 Å². The van der Waals surface area contributed by atoms with Crippen molar-refractivity contribution in [2.45, 2.75) is 58.1 Å². The zero-order valence-corrected chi connectivity index (χ0v) is 13.0. The normalized spacial score (nSPS) is 29.7. The van der Waals surface area contributed by atoms with Crippen LogP contribution in [0, 0.1) is 5.92 Å². The van der Waals surface area contributed by atoms with Gasteiger partial charge in [0, 0.05) is 0 Å². The van der Waals surface area contributed by atoms with Crippen LogP contribution in [-0.4, -0.2) is 32.6 Å². The summed E-state index contributed by atoms with van der Waals surface area (Å²) in [4.78, 5) is 11.1. The van der Waals surface area contributed by atoms with Crippen LogP contribution in [-0.2, 0) is 9.22 Å². The maximum Gasteiger partial charge on any atom is 0.309 e. The van der Waals surface area contributed by atoms with Crippen LogP contribution in [0.3, 0.4) is 0 Å². The molecule has 2 atom stereocenters. The number of aliphatic carboxylic acids is 1. The van der Waals surface area contributed by atoms with Crippen LogP contribution < -0.4 is 0 Å². The first-order valence-electron chi connectivity index (χ1n) is 6.12. The molecule has 0 aromatic rings. The van der Waals surface area contributed by atoms with Crippen molar-refractivity contribution in [2.75, 3.05) is 0 Å². The summed E-state index contributed by atoms with van der Waals surface area (Å²) in [5.74, 6) is -1.00. The summed E-state index contributed by atoms with van der Waals surface area (Å²) in [5.41, 5.74) is 0. The van der Waals surface area contributed by atoms with Gasteiger partial charge in [-0.1, -0.05) is 26.1 Å². The fraction of sp³-hybridized carbons (Fsp3) is 0.909. The Morgan fingerprint density at radius 3 is 2.38 bits per heavy atom. The third kappa shape index (κ3) is 2.57. The van der Waals surface area contributed by atoms with Gasteiger partial charge in [0.1, 0.15) is 0 Å². The van der Waals surface area contributed by atoms with Gasteiger partial charge in [0.05, 0.1) is 19.6 Å². The Balaban J connectivity index is 2.79. The molecule has 0 amide bonds. The molecule has 3 nitrogen and oxygen atoms in total. The van der Waals surface area contributed by atoms with Crippen LogP contribution in [0.15, 0.2) is 0 Å². The average molecular weight is 260 g/mol. The standard InChI is InChI=1S/C11H24O3Si2/c1-6-9(11(12)13)10-7-8-15(2,3)16(4,5)14-10/h9-10H,6-8H2,1-5H3,(H,12,13). The van der Waals surface area contributed by atoms with Gasteiger partial charge in [0.15, 0.2) is 7.83 Å². The van der Waals surface area contributed by atoms with E-state index in [0.717, 1.165) is 6.42 Å². The van der Waals surface area contributed by atoms with Gasteiger partial charge in [-0.25, -0.2) is 0 Å². The minimum absolute atomic E-state index is 0.0373. The molecule has 5 heteroatoms. The second kappa shape index (κ2) is 4.62. The van der Waals surface area contributed by atoms with Gasteiger partial charge in [0.2, 0.25) is 0 Å². The SMILES string of the molecule is CCC(C(=O)O)C1CC[Si](C)(C)[Si](C)(C)O1. The maximum absolute atomic E-state index is 11.1. The Labute approximate surface area is 100 Å². The van der Waals surface area contributed by atoms with Gasteiger partial charge in [-0.3, -0.25) is 4.79 Å². The Morgan fingerprint density at radius 1 is 1.44 bits per heavy atom. The van der Waals surface area contributed by atoms with E-state index < -0.39 is 21.4 Å². The molecule has 1 rings (SSSR count). The Bertz CT molecular complexity index is 276. The highest BCUT2D eigenvalue weighted by atomic mass is 29.3. The molecule has 16 heavy (non-hydrogen) atoms. The molecule has 0 aromatic carbocycles. The Hall–Kier alpha value is -0.136. The summed E-state index contributed by atoms with van der Waals surface area (Å²) >= 11 is 0. The van der Waals surface area contributed by atoms with Crippen molar-refractivity contribution in [2.24, 2.45) is 5.92 Å². The summed E-state index contributed by atoms with van der Waals surface area (Å²) in [6.07, 6.45) is 1.58. The molecule has 1 N–H and O–H groups in total. The Morgan fingerprint density at radius 2 is 2.00 bits per heavy atom. The average Bonchev–Trinajstić information content (AvgIpc) is 2.12. The predicted octanol–water partition coefficient (Wildman–Crippen LogP) is 2.88. The summed E-state index contributed by atoms with van der Waals surface area (Å²) in [5, 5.41) is 9.17. The highest BCUT2D eigenvalue weighted by Crippen LogP contribution is 2.36. The lowest BCUT2D eigenvalue weighted by Gasteiger charge is -2.47. The molecule has 0 radical (unpaired) electrons. The van der Waals surface area contributed by atoms with E-state index >= 15 is 0 Å². The molecule has 0 bridgehead atoms. The van der Waals surface area contributed by atoms with Crippen LogP contribution in [0.2, 0.25) is 32.2 Å². The molecule has 0 saturated carbocycles. The lowest BCUT2D eigenvalue weighted by molar-refractivity contribution is -0.145. The molecule has 1 saturated heterocycles. The van der Waals surface area contributed by atoms with E-state index in [1.165, 1.54) is 6.04 Å². The first kappa shape index (κ1) is 13.9. The van der Waals surface area contributed by atoms with Gasteiger partial charge >= 0.3 is 5.97 Å². The molecule has 1 heterocycles. The van der Waals surface area contributed by atoms with Gasteiger partial charge in [0.25, 0.3) is 0 Å². The van der Waals surface area contributed by atoms with Crippen LogP contribution in [0.4, 0.5) is 0 Å². The third-order valence-corrected chi connectivity index (χ3v) is 20.9. The number of hydrogen-bond acceptors (Lipinski definition) is 2. The number of rotatable bonds is 3. The molecule has 0 spiro atoms. The number of carboxylic acid groups (broad SMARTS) is 1. The third-order valence-electron chi connectivity index (χ3n) is 4.34. The number of carboxylic acids is 1. The monoisotopic (exact) mass is 260 g/mol. The van der Waals surface area contributed by atoms with Crippen molar-refractivity contribution in [1.82, 2.24) is 0 Å². The fourth-order valence-electron chi connectivity index (χ4n) is 2.28. The smallest absolute Gasteiger partial charge is 0.309 e. The molecule has 0 aromatic heterocycles. The van der Waals surface area contributed by atoms with E-state index in [1.807, 2.05) is 6.92 Å². The van der Waals surface area contributed by atoms with Crippen molar-refractivity contribution in [3.05, 3.63) is 0 Å². The molecular weight excluding hydrogens is 236 g/mol. The highest BCUT2D eigenvalue weighted by molar-refractivity contribution is 7.38. The quantitative estimate of drug-likeness (QED) is 0.794. The van der Waals surface area contributed by atoms with Crippen LogP contribution in [0.1, 0.15) is 19.8 Å². The van der Waals surface area contributed by atoms with Crippen molar-refractivity contribution in [3.8, 4) is 0 Å². The molecule has 0 aliphatic carbocycles. The lowest BCUT2D eigenvalue weighted by atomic mass is 9.98. The number of carbonyl (C=O) groups is 1. The zero-order chi connectivity index (χ0) is 12.6. The summed E-state index contributed by atoms with van der Waals surface area (Å²) in [6.45, 7) is 11.2. The van der Waals surface area contributed by atoms with Crippen LogP contribution in [0.5, 0.6) is 0 Å². The topological polar surface area (TPSA) is 46.5 Å². The summed E-state index contributed by atoms with van der Waals surface area (Å²) in [6, 6.07) is 1.22. The van der Waals surface area contributed by atoms with E-state index in [9.17, 15) is 9.90 Å². The second-order valence-corrected chi connectivity index (χ2v) is 21.1. The van der Waals surface area contributed by atoms with E-state index in [4.69, 9.17) is 4.43 Å². The minimum Gasteiger partial charge on any atom is -0.481 e. The van der Waals surface area contributed by atoms with Crippen LogP contribution in [0.25, 0.3) is 0 Å². The summed E-state index contributed by atoms with van der Waals surface area (Å²) < 4.78 is 6.22.